The van der Waals surface area contributed by atoms with Crippen molar-refractivity contribution in [1.82, 2.24) is 10.3 Å². The second kappa shape index (κ2) is 6.73. The molecule has 0 aliphatic rings. The fourth-order valence-electron chi connectivity index (χ4n) is 1.44. The summed E-state index contributed by atoms with van der Waals surface area (Å²) in [5.41, 5.74) is 0. The monoisotopic (exact) mass is 303 g/mol. The van der Waals surface area contributed by atoms with Gasteiger partial charge >= 0.3 is 0 Å². The van der Waals surface area contributed by atoms with E-state index in [1.165, 1.54) is 19.2 Å². The number of hydrogen-bond donors (Lipinski definition) is 2. The van der Waals surface area contributed by atoms with Crippen molar-refractivity contribution < 1.29 is 9.59 Å². The van der Waals surface area contributed by atoms with Crippen LogP contribution in [0.2, 0.25) is 10.0 Å². The number of hydrogen-bond acceptors (Lipinski definition) is 3. The van der Waals surface area contributed by atoms with Gasteiger partial charge in [-0.05, 0) is 5.92 Å². The third-order valence-electron chi connectivity index (χ3n) is 2.37. The summed E-state index contributed by atoms with van der Waals surface area (Å²) in [5, 5.41) is 5.78. The minimum Gasteiger partial charge on any atom is -0.344 e. The molecule has 0 saturated heterocycles. The van der Waals surface area contributed by atoms with Crippen molar-refractivity contribution in [2.24, 2.45) is 5.92 Å². The van der Waals surface area contributed by atoms with E-state index in [9.17, 15) is 9.59 Å². The van der Waals surface area contributed by atoms with Crippen molar-refractivity contribution in [2.45, 2.75) is 26.8 Å². The minimum atomic E-state index is -0.631. The zero-order valence-electron chi connectivity index (χ0n) is 10.8. The zero-order chi connectivity index (χ0) is 14.6. The van der Waals surface area contributed by atoms with Crippen LogP contribution in [0.1, 0.15) is 20.8 Å². The van der Waals surface area contributed by atoms with E-state index in [0.717, 1.165) is 0 Å². The highest BCUT2D eigenvalue weighted by molar-refractivity contribution is 6.42. The number of nitrogens with one attached hydrogen (secondary N) is 2. The van der Waals surface area contributed by atoms with Gasteiger partial charge in [-0.3, -0.25) is 9.59 Å². The summed E-state index contributed by atoms with van der Waals surface area (Å²) >= 11 is 11.6. The van der Waals surface area contributed by atoms with Gasteiger partial charge in [0.15, 0.2) is 0 Å². The van der Waals surface area contributed by atoms with Crippen LogP contribution in [0.5, 0.6) is 0 Å². The van der Waals surface area contributed by atoms with Crippen LogP contribution in [0.3, 0.4) is 0 Å². The first-order chi connectivity index (χ1) is 8.81. The Bertz CT molecular complexity index is 492. The van der Waals surface area contributed by atoms with Crippen molar-refractivity contribution >= 4 is 40.8 Å². The van der Waals surface area contributed by atoms with Gasteiger partial charge in [0.05, 0.1) is 10.0 Å². The second-order valence-corrected chi connectivity index (χ2v) is 5.21. The fraction of sp³-hybridized carbons (Fsp3) is 0.417. The lowest BCUT2D eigenvalue weighted by molar-refractivity contribution is -0.126. The summed E-state index contributed by atoms with van der Waals surface area (Å²) in [4.78, 5) is 27.1. The molecule has 0 aliphatic heterocycles. The van der Waals surface area contributed by atoms with Gasteiger partial charge in [0.1, 0.15) is 11.9 Å². The van der Waals surface area contributed by atoms with E-state index >= 15 is 0 Å². The number of aromatic nitrogens is 1. The molecule has 0 radical (unpaired) electrons. The smallest absolute Gasteiger partial charge is 0.248 e. The van der Waals surface area contributed by atoms with Gasteiger partial charge in [0.25, 0.3) is 0 Å². The Morgan fingerprint density at radius 2 is 1.89 bits per heavy atom. The van der Waals surface area contributed by atoms with Crippen LogP contribution < -0.4 is 10.6 Å². The van der Waals surface area contributed by atoms with Gasteiger partial charge in [-0.25, -0.2) is 4.98 Å². The molecule has 19 heavy (non-hydrogen) atoms. The number of rotatable bonds is 4. The highest BCUT2D eigenvalue weighted by atomic mass is 35.5. The summed E-state index contributed by atoms with van der Waals surface area (Å²) in [7, 11) is 0. The van der Waals surface area contributed by atoms with E-state index < -0.39 is 6.04 Å². The molecule has 5 nitrogen and oxygen atoms in total. The van der Waals surface area contributed by atoms with E-state index in [1.54, 1.807) is 0 Å². The molecule has 0 bridgehead atoms. The molecule has 104 valence electrons. The first kappa shape index (κ1) is 15.7. The van der Waals surface area contributed by atoms with Crippen molar-refractivity contribution in [3.63, 3.8) is 0 Å². The maximum atomic E-state index is 12.0. The Morgan fingerprint density at radius 1 is 1.26 bits per heavy atom. The van der Waals surface area contributed by atoms with Gasteiger partial charge in [-0.1, -0.05) is 37.0 Å². The Balaban J connectivity index is 2.81. The number of halogens is 2. The molecule has 0 aliphatic carbocycles. The van der Waals surface area contributed by atoms with Crippen LogP contribution in [0.4, 0.5) is 5.82 Å². The van der Waals surface area contributed by atoms with Crippen molar-refractivity contribution in [3.05, 3.63) is 22.3 Å². The number of amides is 2. The number of nitrogens with zero attached hydrogens (tertiary/aromatic N) is 1. The molecule has 2 N–H and O–H groups in total. The number of carbonyl (C=O) groups excluding carboxylic acids is 2. The average Bonchev–Trinajstić information content (AvgIpc) is 2.30. The molecule has 0 spiro atoms. The largest absolute Gasteiger partial charge is 0.344 e. The molecule has 1 aromatic rings. The molecule has 0 saturated carbocycles. The average molecular weight is 304 g/mol. The summed E-state index contributed by atoms with van der Waals surface area (Å²) in [6, 6.07) is 0.821. The van der Waals surface area contributed by atoms with Crippen LogP contribution in [0, 0.1) is 5.92 Å². The predicted octanol–water partition coefficient (Wildman–Crippen LogP) is 2.49. The van der Waals surface area contributed by atoms with E-state index in [1.807, 2.05) is 13.8 Å². The number of pyridine rings is 1. The summed E-state index contributed by atoms with van der Waals surface area (Å²) in [6.45, 7) is 5.03. The highest BCUT2D eigenvalue weighted by Gasteiger charge is 2.23. The molecule has 1 rings (SSSR count). The molecule has 1 heterocycles. The summed E-state index contributed by atoms with van der Waals surface area (Å²) in [5.74, 6) is -0.380. The molecule has 7 heteroatoms. The van der Waals surface area contributed by atoms with Gasteiger partial charge in [-0.2, -0.15) is 0 Å². The molecule has 0 fully saturated rings. The van der Waals surface area contributed by atoms with E-state index in [4.69, 9.17) is 23.2 Å². The Kier molecular flexibility index (Phi) is 5.57. The molecule has 2 amide bonds. The van der Waals surface area contributed by atoms with Crippen LogP contribution in [-0.4, -0.2) is 22.8 Å². The van der Waals surface area contributed by atoms with Crippen molar-refractivity contribution in [3.8, 4) is 0 Å². The summed E-state index contributed by atoms with van der Waals surface area (Å²) in [6.07, 6.45) is 1.35. The topological polar surface area (TPSA) is 71.1 Å². The molecular weight excluding hydrogens is 289 g/mol. The first-order valence-electron chi connectivity index (χ1n) is 5.70. The minimum absolute atomic E-state index is 0.0494. The zero-order valence-corrected chi connectivity index (χ0v) is 12.3. The van der Waals surface area contributed by atoms with Crippen molar-refractivity contribution in [1.29, 1.82) is 0 Å². The Morgan fingerprint density at radius 3 is 2.37 bits per heavy atom. The Hall–Kier alpha value is -1.33. The van der Waals surface area contributed by atoms with Gasteiger partial charge in [0.2, 0.25) is 11.8 Å². The van der Waals surface area contributed by atoms with E-state index in [-0.39, 0.29) is 23.6 Å². The fourth-order valence-corrected chi connectivity index (χ4v) is 1.70. The van der Waals surface area contributed by atoms with Crippen LogP contribution in [-0.2, 0) is 9.59 Å². The van der Waals surface area contributed by atoms with Gasteiger partial charge in [-0.15, -0.1) is 0 Å². The number of anilines is 1. The predicted molar refractivity (Wildman–Crippen MR) is 75.3 cm³/mol. The third-order valence-corrected chi connectivity index (χ3v) is 3.08. The quantitative estimate of drug-likeness (QED) is 0.897. The number of carbonyl (C=O) groups is 2. The highest BCUT2D eigenvalue weighted by Crippen LogP contribution is 2.23. The Labute approximate surface area is 121 Å². The van der Waals surface area contributed by atoms with Crippen molar-refractivity contribution in [2.75, 3.05) is 5.32 Å². The first-order valence-corrected chi connectivity index (χ1v) is 6.46. The van der Waals surface area contributed by atoms with Crippen LogP contribution in [0.15, 0.2) is 12.3 Å². The maximum absolute atomic E-state index is 12.0. The standard InChI is InChI=1S/C12H15Cl2N3O2/c1-6(2)11(16-7(3)18)12(19)17-10-4-8(13)9(14)5-15-10/h4-6,11H,1-3H3,(H,16,18)(H,15,17,19)/t11-/m0/s1. The maximum Gasteiger partial charge on any atom is 0.248 e. The lowest BCUT2D eigenvalue weighted by atomic mass is 10.0. The molecular formula is C12H15Cl2N3O2. The van der Waals surface area contributed by atoms with Gasteiger partial charge in [0, 0.05) is 19.2 Å². The molecule has 0 aromatic carbocycles. The van der Waals surface area contributed by atoms with Crippen LogP contribution >= 0.6 is 23.2 Å². The lowest BCUT2D eigenvalue weighted by Gasteiger charge is -2.20. The second-order valence-electron chi connectivity index (χ2n) is 4.40. The third kappa shape index (κ3) is 4.69. The molecule has 0 unspecified atom stereocenters. The van der Waals surface area contributed by atoms with E-state index in [0.29, 0.717) is 10.0 Å². The lowest BCUT2D eigenvalue weighted by Crippen LogP contribution is -2.46. The van der Waals surface area contributed by atoms with Gasteiger partial charge < -0.3 is 10.6 Å². The summed E-state index contributed by atoms with van der Waals surface area (Å²) < 4.78 is 0. The SMILES string of the molecule is CC(=O)N[C@H](C(=O)Nc1cc(Cl)c(Cl)cn1)C(C)C. The van der Waals surface area contributed by atoms with E-state index in [2.05, 4.69) is 15.6 Å². The molecule has 1 aromatic heterocycles. The van der Waals surface area contributed by atoms with Crippen LogP contribution in [0.25, 0.3) is 0 Å². The normalized spacial score (nSPS) is 12.1. The molecule has 1 atom stereocenters.